The summed E-state index contributed by atoms with van der Waals surface area (Å²) >= 11 is 0. The average Bonchev–Trinajstić information content (AvgIpc) is 2.63. The molecule has 0 fully saturated rings. The number of carbonyl (C=O) groups excluding carboxylic acids is 1. The fraction of sp³-hybridized carbons (Fsp3) is 0.615. The van der Waals surface area contributed by atoms with E-state index in [0.717, 1.165) is 31.4 Å². The van der Waals surface area contributed by atoms with Crippen LogP contribution in [-0.2, 0) is 13.0 Å². The van der Waals surface area contributed by atoms with Gasteiger partial charge in [0.1, 0.15) is 0 Å². The third kappa shape index (κ3) is 1.99. The van der Waals surface area contributed by atoms with E-state index < -0.39 is 0 Å². The number of aromatic nitrogens is 1. The highest BCUT2D eigenvalue weighted by Gasteiger charge is 2.20. The maximum Gasteiger partial charge on any atom is 0.164 e. The lowest BCUT2D eigenvalue weighted by atomic mass is 9.96. The lowest BCUT2D eigenvalue weighted by Crippen LogP contribution is -2.15. The monoisotopic (exact) mass is 205 g/mol. The van der Waals surface area contributed by atoms with E-state index in [9.17, 15) is 4.79 Å². The molecule has 1 aromatic heterocycles. The van der Waals surface area contributed by atoms with Crippen molar-refractivity contribution < 1.29 is 4.79 Å². The van der Waals surface area contributed by atoms with Crippen molar-refractivity contribution in [2.75, 3.05) is 0 Å². The molecule has 0 saturated carbocycles. The maximum atomic E-state index is 11.6. The molecular weight excluding hydrogens is 186 g/mol. The third-order valence-corrected chi connectivity index (χ3v) is 3.40. The standard InChI is InChI=1S/C13H19NO/c1-3-10(2)9-14-8-7-11-12(14)5-4-6-13(11)15/h7-8,10H,3-6,9H2,1-2H3. The number of Topliss-reactive ketones (excluding diaryl/α,β-unsaturated/α-hetero) is 1. The Balaban J connectivity index is 2.23. The lowest BCUT2D eigenvalue weighted by molar-refractivity contribution is 0.0971. The predicted octanol–water partition coefficient (Wildman–Crippen LogP) is 3.05. The van der Waals surface area contributed by atoms with Gasteiger partial charge in [-0.2, -0.15) is 0 Å². The van der Waals surface area contributed by atoms with Crippen molar-refractivity contribution in [3.05, 3.63) is 23.5 Å². The van der Waals surface area contributed by atoms with Crippen LogP contribution < -0.4 is 0 Å². The molecule has 1 heterocycles. The number of nitrogens with zero attached hydrogens (tertiary/aromatic N) is 1. The SMILES string of the molecule is CCC(C)Cn1ccc2c1CCCC2=O. The summed E-state index contributed by atoms with van der Waals surface area (Å²) in [6, 6.07) is 2.00. The minimum atomic E-state index is 0.333. The first kappa shape index (κ1) is 10.5. The summed E-state index contributed by atoms with van der Waals surface area (Å²) in [5.74, 6) is 1.03. The highest BCUT2D eigenvalue weighted by atomic mass is 16.1. The van der Waals surface area contributed by atoms with Crippen LogP contribution in [0.4, 0.5) is 0 Å². The molecule has 1 aliphatic rings. The average molecular weight is 205 g/mol. The molecule has 1 unspecified atom stereocenters. The second-order valence-corrected chi connectivity index (χ2v) is 4.62. The summed E-state index contributed by atoms with van der Waals surface area (Å²) in [6.07, 6.45) is 6.11. The summed E-state index contributed by atoms with van der Waals surface area (Å²) in [4.78, 5) is 11.6. The number of rotatable bonds is 3. The summed E-state index contributed by atoms with van der Waals surface area (Å²) in [5.41, 5.74) is 2.25. The van der Waals surface area contributed by atoms with Crippen molar-refractivity contribution in [2.24, 2.45) is 5.92 Å². The van der Waals surface area contributed by atoms with Crippen molar-refractivity contribution in [3.63, 3.8) is 0 Å². The minimum Gasteiger partial charge on any atom is -0.350 e. The molecule has 0 radical (unpaired) electrons. The number of hydrogen-bond acceptors (Lipinski definition) is 1. The summed E-state index contributed by atoms with van der Waals surface area (Å²) in [6.45, 7) is 5.53. The van der Waals surface area contributed by atoms with E-state index >= 15 is 0 Å². The van der Waals surface area contributed by atoms with Crippen LogP contribution >= 0.6 is 0 Å². The van der Waals surface area contributed by atoms with Crippen LogP contribution in [-0.4, -0.2) is 10.4 Å². The third-order valence-electron chi connectivity index (χ3n) is 3.40. The van der Waals surface area contributed by atoms with E-state index in [4.69, 9.17) is 0 Å². The van der Waals surface area contributed by atoms with Crippen molar-refractivity contribution >= 4 is 5.78 Å². The minimum absolute atomic E-state index is 0.333. The first-order valence-corrected chi connectivity index (χ1v) is 5.93. The molecule has 0 amide bonds. The summed E-state index contributed by atoms with van der Waals surface area (Å²) in [5, 5.41) is 0. The van der Waals surface area contributed by atoms with Gasteiger partial charge in [0.05, 0.1) is 0 Å². The van der Waals surface area contributed by atoms with Gasteiger partial charge in [-0.3, -0.25) is 4.79 Å². The van der Waals surface area contributed by atoms with E-state index in [2.05, 4.69) is 24.6 Å². The molecular formula is C13H19NO. The number of ketones is 1. The van der Waals surface area contributed by atoms with Gasteiger partial charge in [-0.25, -0.2) is 0 Å². The highest BCUT2D eigenvalue weighted by molar-refractivity contribution is 5.98. The quantitative estimate of drug-likeness (QED) is 0.743. The molecule has 1 aliphatic carbocycles. The molecule has 0 bridgehead atoms. The Morgan fingerprint density at radius 2 is 2.27 bits per heavy atom. The molecule has 1 atom stereocenters. The van der Waals surface area contributed by atoms with Crippen molar-refractivity contribution in [2.45, 2.75) is 46.1 Å². The highest BCUT2D eigenvalue weighted by Crippen LogP contribution is 2.23. The van der Waals surface area contributed by atoms with Gasteiger partial charge in [0.2, 0.25) is 0 Å². The number of carbonyl (C=O) groups is 1. The van der Waals surface area contributed by atoms with Crippen LogP contribution in [0.1, 0.15) is 49.2 Å². The van der Waals surface area contributed by atoms with E-state index in [1.165, 1.54) is 12.1 Å². The Bertz CT molecular complexity index is 365. The Kier molecular flexibility index (Phi) is 2.94. The molecule has 15 heavy (non-hydrogen) atoms. The summed E-state index contributed by atoms with van der Waals surface area (Å²) in [7, 11) is 0. The van der Waals surface area contributed by atoms with Gasteiger partial charge >= 0.3 is 0 Å². The zero-order valence-corrected chi connectivity index (χ0v) is 9.62. The van der Waals surface area contributed by atoms with Gasteiger partial charge in [0, 0.05) is 30.4 Å². The first-order chi connectivity index (χ1) is 7.22. The molecule has 0 aliphatic heterocycles. The fourth-order valence-electron chi connectivity index (χ4n) is 2.22. The normalized spacial score (nSPS) is 17.6. The van der Waals surface area contributed by atoms with Gasteiger partial charge in [-0.15, -0.1) is 0 Å². The zero-order valence-electron chi connectivity index (χ0n) is 9.62. The van der Waals surface area contributed by atoms with Crippen molar-refractivity contribution in [1.29, 1.82) is 0 Å². The van der Waals surface area contributed by atoms with Crippen LogP contribution in [0.5, 0.6) is 0 Å². The van der Waals surface area contributed by atoms with E-state index in [-0.39, 0.29) is 0 Å². The smallest absolute Gasteiger partial charge is 0.164 e. The van der Waals surface area contributed by atoms with Gasteiger partial charge in [0.25, 0.3) is 0 Å². The lowest BCUT2D eigenvalue weighted by Gasteiger charge is -2.17. The molecule has 0 saturated heterocycles. The van der Waals surface area contributed by atoms with Crippen molar-refractivity contribution in [3.8, 4) is 0 Å². The predicted molar refractivity (Wildman–Crippen MR) is 61.2 cm³/mol. The topological polar surface area (TPSA) is 22.0 Å². The van der Waals surface area contributed by atoms with Crippen LogP contribution in [0, 0.1) is 5.92 Å². The van der Waals surface area contributed by atoms with Gasteiger partial charge in [-0.1, -0.05) is 20.3 Å². The largest absolute Gasteiger partial charge is 0.350 e. The Morgan fingerprint density at radius 1 is 1.47 bits per heavy atom. The van der Waals surface area contributed by atoms with E-state index in [1.807, 2.05) is 6.07 Å². The van der Waals surface area contributed by atoms with Gasteiger partial charge in [-0.05, 0) is 24.8 Å². The second kappa shape index (κ2) is 4.21. The molecule has 0 spiro atoms. The Morgan fingerprint density at radius 3 is 3.00 bits per heavy atom. The van der Waals surface area contributed by atoms with Crippen LogP contribution in [0.25, 0.3) is 0 Å². The van der Waals surface area contributed by atoms with E-state index in [0.29, 0.717) is 11.7 Å². The molecule has 1 aromatic rings. The van der Waals surface area contributed by atoms with Crippen LogP contribution in [0.2, 0.25) is 0 Å². The number of fused-ring (bicyclic) bond motifs is 1. The van der Waals surface area contributed by atoms with Gasteiger partial charge in [0.15, 0.2) is 5.78 Å². The molecule has 0 N–H and O–H groups in total. The Hall–Kier alpha value is -1.05. The summed E-state index contributed by atoms with van der Waals surface area (Å²) < 4.78 is 2.28. The maximum absolute atomic E-state index is 11.6. The molecule has 2 heteroatoms. The molecule has 82 valence electrons. The zero-order chi connectivity index (χ0) is 10.8. The molecule has 0 aromatic carbocycles. The van der Waals surface area contributed by atoms with Crippen LogP contribution in [0.3, 0.4) is 0 Å². The van der Waals surface area contributed by atoms with E-state index in [1.54, 1.807) is 0 Å². The number of hydrogen-bond donors (Lipinski definition) is 0. The molecule has 2 rings (SSSR count). The van der Waals surface area contributed by atoms with Crippen LogP contribution in [0.15, 0.2) is 12.3 Å². The second-order valence-electron chi connectivity index (χ2n) is 4.62. The van der Waals surface area contributed by atoms with Crippen molar-refractivity contribution in [1.82, 2.24) is 4.57 Å². The van der Waals surface area contributed by atoms with Gasteiger partial charge < -0.3 is 4.57 Å². The molecule has 2 nitrogen and oxygen atoms in total. The fourth-order valence-corrected chi connectivity index (χ4v) is 2.22. The first-order valence-electron chi connectivity index (χ1n) is 5.93. The Labute approximate surface area is 91.3 Å².